The fourth-order valence-corrected chi connectivity index (χ4v) is 2.84. The van der Waals surface area contributed by atoms with Crippen LogP contribution in [0.5, 0.6) is 0 Å². The molecular weight excluding hydrogens is 274 g/mol. The van der Waals surface area contributed by atoms with Crippen LogP contribution >= 0.6 is 11.6 Å². The Hall–Kier alpha value is -1.10. The van der Waals surface area contributed by atoms with E-state index in [1.165, 1.54) is 32.1 Å². The molecule has 1 aliphatic rings. The van der Waals surface area contributed by atoms with Crippen LogP contribution in [0, 0.1) is 0 Å². The molecule has 0 saturated carbocycles. The van der Waals surface area contributed by atoms with E-state index in [0.717, 1.165) is 25.5 Å². The van der Waals surface area contributed by atoms with Crippen LogP contribution in [-0.4, -0.2) is 34.1 Å². The van der Waals surface area contributed by atoms with Gasteiger partial charge in [0.2, 0.25) is 17.2 Å². The van der Waals surface area contributed by atoms with E-state index in [4.69, 9.17) is 11.6 Å². The molecule has 112 valence electrons. The quantitative estimate of drug-likeness (QED) is 0.871. The van der Waals surface area contributed by atoms with Crippen molar-refractivity contribution >= 4 is 23.5 Å². The summed E-state index contributed by atoms with van der Waals surface area (Å²) in [6.07, 6.45) is 7.10. The molecule has 1 atom stereocenters. The minimum Gasteiger partial charge on any atom is -0.354 e. The molecule has 0 aromatic carbocycles. The fraction of sp³-hybridized carbons (Fsp3) is 0.786. The lowest BCUT2D eigenvalue weighted by Crippen LogP contribution is -2.40. The predicted octanol–water partition coefficient (Wildman–Crippen LogP) is 3.51. The third kappa shape index (κ3) is 3.95. The Morgan fingerprint density at radius 1 is 1.20 bits per heavy atom. The first kappa shape index (κ1) is 15.3. The standard InChI is InChI=1S/C14H24ClN5/c1-3-7-11-8-5-6-10-20(11)14-18-12(15)17-13(19-14)16-9-4-2/h11H,3-10H2,1-2H3,(H,16,17,18,19). The summed E-state index contributed by atoms with van der Waals surface area (Å²) in [5.74, 6) is 1.31. The summed E-state index contributed by atoms with van der Waals surface area (Å²) >= 11 is 6.04. The van der Waals surface area contributed by atoms with Crippen molar-refractivity contribution < 1.29 is 0 Å². The Balaban J connectivity index is 2.18. The van der Waals surface area contributed by atoms with Gasteiger partial charge < -0.3 is 10.2 Å². The number of anilines is 2. The van der Waals surface area contributed by atoms with Crippen LogP contribution < -0.4 is 10.2 Å². The van der Waals surface area contributed by atoms with Crippen molar-refractivity contribution in [3.8, 4) is 0 Å². The fourth-order valence-electron chi connectivity index (χ4n) is 2.68. The Bertz CT molecular complexity index is 424. The van der Waals surface area contributed by atoms with E-state index < -0.39 is 0 Å². The topological polar surface area (TPSA) is 53.9 Å². The van der Waals surface area contributed by atoms with E-state index in [1.807, 2.05) is 0 Å². The van der Waals surface area contributed by atoms with Gasteiger partial charge in [-0.15, -0.1) is 0 Å². The van der Waals surface area contributed by atoms with E-state index in [-0.39, 0.29) is 5.28 Å². The van der Waals surface area contributed by atoms with Crippen molar-refractivity contribution in [2.75, 3.05) is 23.3 Å². The van der Waals surface area contributed by atoms with Crippen LogP contribution in [0.1, 0.15) is 52.4 Å². The summed E-state index contributed by atoms with van der Waals surface area (Å²) in [4.78, 5) is 15.3. The molecule has 1 aromatic rings. The summed E-state index contributed by atoms with van der Waals surface area (Å²) in [6, 6.07) is 0.534. The highest BCUT2D eigenvalue weighted by molar-refractivity contribution is 6.28. The van der Waals surface area contributed by atoms with Crippen molar-refractivity contribution in [3.63, 3.8) is 0 Å². The maximum Gasteiger partial charge on any atom is 0.231 e. The maximum atomic E-state index is 6.04. The molecule has 0 aliphatic carbocycles. The third-order valence-corrected chi connectivity index (χ3v) is 3.80. The lowest BCUT2D eigenvalue weighted by Gasteiger charge is -2.35. The molecule has 0 spiro atoms. The predicted molar refractivity (Wildman–Crippen MR) is 83.5 cm³/mol. The zero-order valence-electron chi connectivity index (χ0n) is 12.4. The molecule has 1 fully saturated rings. The van der Waals surface area contributed by atoms with Crippen LogP contribution in [0.15, 0.2) is 0 Å². The van der Waals surface area contributed by atoms with E-state index in [2.05, 4.69) is 39.0 Å². The van der Waals surface area contributed by atoms with E-state index in [9.17, 15) is 0 Å². The first-order valence-electron chi connectivity index (χ1n) is 7.66. The maximum absolute atomic E-state index is 6.04. The number of rotatable bonds is 6. The van der Waals surface area contributed by atoms with Crippen LogP contribution in [0.4, 0.5) is 11.9 Å². The monoisotopic (exact) mass is 297 g/mol. The zero-order valence-corrected chi connectivity index (χ0v) is 13.2. The number of nitrogens with zero attached hydrogens (tertiary/aromatic N) is 4. The smallest absolute Gasteiger partial charge is 0.231 e. The Morgan fingerprint density at radius 2 is 2.05 bits per heavy atom. The highest BCUT2D eigenvalue weighted by Crippen LogP contribution is 2.25. The Kier molecular flexibility index (Phi) is 5.83. The first-order chi connectivity index (χ1) is 9.74. The highest BCUT2D eigenvalue weighted by Gasteiger charge is 2.24. The minimum atomic E-state index is 0.273. The van der Waals surface area contributed by atoms with Gasteiger partial charge in [0.05, 0.1) is 0 Å². The molecule has 0 radical (unpaired) electrons. The van der Waals surface area contributed by atoms with Gasteiger partial charge in [-0.2, -0.15) is 15.0 Å². The van der Waals surface area contributed by atoms with Gasteiger partial charge in [-0.1, -0.05) is 20.3 Å². The van der Waals surface area contributed by atoms with Crippen molar-refractivity contribution in [2.45, 2.75) is 58.4 Å². The molecule has 1 N–H and O–H groups in total. The average molecular weight is 298 g/mol. The Labute approximate surface area is 126 Å². The summed E-state index contributed by atoms with van der Waals surface area (Å²) in [5, 5.41) is 3.46. The third-order valence-electron chi connectivity index (χ3n) is 3.64. The van der Waals surface area contributed by atoms with E-state index >= 15 is 0 Å². The van der Waals surface area contributed by atoms with Crippen LogP contribution in [-0.2, 0) is 0 Å². The number of halogens is 1. The van der Waals surface area contributed by atoms with E-state index in [1.54, 1.807) is 0 Å². The molecule has 20 heavy (non-hydrogen) atoms. The van der Waals surface area contributed by atoms with Crippen molar-refractivity contribution in [3.05, 3.63) is 5.28 Å². The number of hydrogen-bond donors (Lipinski definition) is 1. The molecule has 0 amide bonds. The van der Waals surface area contributed by atoms with E-state index in [0.29, 0.717) is 12.0 Å². The molecule has 2 heterocycles. The normalized spacial score (nSPS) is 19.1. The molecule has 1 saturated heterocycles. The van der Waals surface area contributed by atoms with Crippen molar-refractivity contribution in [1.82, 2.24) is 15.0 Å². The van der Waals surface area contributed by atoms with Crippen LogP contribution in [0.2, 0.25) is 5.28 Å². The van der Waals surface area contributed by atoms with Gasteiger partial charge in [0, 0.05) is 19.1 Å². The number of nitrogens with one attached hydrogen (secondary N) is 1. The number of aromatic nitrogens is 3. The summed E-state index contributed by atoms with van der Waals surface area (Å²) in [5.41, 5.74) is 0. The second-order valence-electron chi connectivity index (χ2n) is 5.29. The first-order valence-corrected chi connectivity index (χ1v) is 8.04. The molecule has 1 aromatic heterocycles. The molecule has 6 heteroatoms. The number of piperidine rings is 1. The van der Waals surface area contributed by atoms with Gasteiger partial charge >= 0.3 is 0 Å². The lowest BCUT2D eigenvalue weighted by atomic mass is 9.99. The second-order valence-corrected chi connectivity index (χ2v) is 5.62. The average Bonchev–Trinajstić information content (AvgIpc) is 2.45. The van der Waals surface area contributed by atoms with Crippen molar-refractivity contribution in [2.24, 2.45) is 0 Å². The van der Waals surface area contributed by atoms with Gasteiger partial charge in [0.1, 0.15) is 0 Å². The second kappa shape index (κ2) is 7.62. The van der Waals surface area contributed by atoms with Crippen LogP contribution in [0.25, 0.3) is 0 Å². The molecule has 0 bridgehead atoms. The Morgan fingerprint density at radius 3 is 2.80 bits per heavy atom. The SMILES string of the molecule is CCCNc1nc(Cl)nc(N2CCCCC2CCC)n1. The van der Waals surface area contributed by atoms with Gasteiger partial charge in [-0.05, 0) is 43.7 Å². The number of hydrogen-bond acceptors (Lipinski definition) is 5. The summed E-state index contributed by atoms with van der Waals surface area (Å²) < 4.78 is 0. The summed E-state index contributed by atoms with van der Waals surface area (Å²) in [7, 11) is 0. The van der Waals surface area contributed by atoms with Crippen LogP contribution in [0.3, 0.4) is 0 Å². The summed E-state index contributed by atoms with van der Waals surface area (Å²) in [6.45, 7) is 6.19. The lowest BCUT2D eigenvalue weighted by molar-refractivity contribution is 0.428. The molecule has 1 unspecified atom stereocenters. The van der Waals surface area contributed by atoms with Gasteiger partial charge in [0.15, 0.2) is 0 Å². The molecule has 5 nitrogen and oxygen atoms in total. The van der Waals surface area contributed by atoms with Crippen molar-refractivity contribution in [1.29, 1.82) is 0 Å². The molecule has 2 rings (SSSR count). The highest BCUT2D eigenvalue weighted by atomic mass is 35.5. The van der Waals surface area contributed by atoms with Gasteiger partial charge in [0.25, 0.3) is 0 Å². The molecule has 1 aliphatic heterocycles. The minimum absolute atomic E-state index is 0.273. The zero-order chi connectivity index (χ0) is 14.4. The molecular formula is C14H24ClN5. The largest absolute Gasteiger partial charge is 0.354 e. The van der Waals surface area contributed by atoms with Gasteiger partial charge in [-0.3, -0.25) is 0 Å². The van der Waals surface area contributed by atoms with Gasteiger partial charge in [-0.25, -0.2) is 0 Å².